The van der Waals surface area contributed by atoms with E-state index in [1.54, 1.807) is 36.4 Å². The summed E-state index contributed by atoms with van der Waals surface area (Å²) in [6, 6.07) is 10.7. The number of halogens is 2. The van der Waals surface area contributed by atoms with Crippen molar-refractivity contribution >= 4 is 52.2 Å². The van der Waals surface area contributed by atoms with Crippen LogP contribution >= 0.6 is 23.4 Å². The molecule has 0 spiro atoms. The van der Waals surface area contributed by atoms with Gasteiger partial charge in [0.15, 0.2) is 0 Å². The van der Waals surface area contributed by atoms with Crippen LogP contribution in [0.25, 0.3) is 6.08 Å². The van der Waals surface area contributed by atoms with Gasteiger partial charge in [-0.1, -0.05) is 36.4 Å². The maximum absolute atomic E-state index is 13.2. The third-order valence-electron chi connectivity index (χ3n) is 3.90. The van der Waals surface area contributed by atoms with Gasteiger partial charge in [-0.2, -0.15) is 0 Å². The zero-order valence-electron chi connectivity index (χ0n) is 15.6. The molecule has 0 bridgehead atoms. The summed E-state index contributed by atoms with van der Waals surface area (Å²) < 4.78 is 18.7. The van der Waals surface area contributed by atoms with Crippen molar-refractivity contribution in [1.82, 2.24) is 4.90 Å². The quantitative estimate of drug-likeness (QED) is 0.492. The summed E-state index contributed by atoms with van der Waals surface area (Å²) >= 11 is 6.42. The first-order valence-electron chi connectivity index (χ1n) is 8.71. The second kappa shape index (κ2) is 9.60. The molecule has 3 rings (SSSR count). The molecule has 0 aromatic heterocycles. The smallest absolute Gasteiger partial charge is 0.294 e. The number of benzene rings is 2. The minimum Gasteiger partial charge on any atom is -0.490 e. The lowest BCUT2D eigenvalue weighted by molar-refractivity contribution is -0.127. The van der Waals surface area contributed by atoms with Crippen molar-refractivity contribution in [3.05, 3.63) is 76.4 Å². The van der Waals surface area contributed by atoms with E-state index in [-0.39, 0.29) is 15.6 Å². The van der Waals surface area contributed by atoms with Crippen LogP contribution in [0.5, 0.6) is 5.75 Å². The van der Waals surface area contributed by atoms with E-state index in [4.69, 9.17) is 16.3 Å². The number of nitrogens with one attached hydrogen (secondary N) is 1. The normalized spacial score (nSPS) is 14.9. The Morgan fingerprint density at radius 2 is 2.07 bits per heavy atom. The zero-order valence-corrected chi connectivity index (χ0v) is 17.1. The number of ether oxygens (including phenoxy) is 1. The van der Waals surface area contributed by atoms with Crippen molar-refractivity contribution < 1.29 is 23.5 Å². The molecule has 6 nitrogen and oxygen atoms in total. The van der Waals surface area contributed by atoms with Crippen LogP contribution in [-0.2, 0) is 9.59 Å². The van der Waals surface area contributed by atoms with E-state index >= 15 is 0 Å². The van der Waals surface area contributed by atoms with Crippen molar-refractivity contribution in [3.63, 3.8) is 0 Å². The number of anilines is 1. The molecule has 2 aromatic carbocycles. The molecule has 1 N–H and O–H groups in total. The second-order valence-corrected chi connectivity index (χ2v) is 7.52. The summed E-state index contributed by atoms with van der Waals surface area (Å²) in [6.45, 7) is 3.45. The molecule has 0 atom stereocenters. The van der Waals surface area contributed by atoms with Gasteiger partial charge in [-0.3, -0.25) is 19.3 Å². The van der Waals surface area contributed by atoms with Crippen molar-refractivity contribution in [2.45, 2.75) is 0 Å². The summed E-state index contributed by atoms with van der Waals surface area (Å²) in [6.07, 6.45) is 3.17. The lowest BCUT2D eigenvalue weighted by Crippen LogP contribution is -2.36. The third-order valence-corrected chi connectivity index (χ3v) is 5.10. The lowest BCUT2D eigenvalue weighted by atomic mass is 10.2. The molecule has 1 heterocycles. The van der Waals surface area contributed by atoms with Crippen molar-refractivity contribution in [3.8, 4) is 5.75 Å². The predicted octanol–water partition coefficient (Wildman–Crippen LogP) is 4.72. The third kappa shape index (κ3) is 5.28. The highest BCUT2D eigenvalue weighted by Gasteiger charge is 2.36. The molecule has 30 heavy (non-hydrogen) atoms. The fraction of sp³-hybridized carbons (Fsp3) is 0.0952. The number of carbonyl (C=O) groups is 3. The highest BCUT2D eigenvalue weighted by Crippen LogP contribution is 2.32. The van der Waals surface area contributed by atoms with Crippen LogP contribution in [0.2, 0.25) is 5.02 Å². The zero-order chi connectivity index (χ0) is 21.7. The summed E-state index contributed by atoms with van der Waals surface area (Å²) in [7, 11) is 0. The number of amides is 3. The highest BCUT2D eigenvalue weighted by atomic mass is 35.5. The molecule has 3 amide bonds. The standard InChI is InChI=1S/C21H16ClFN2O4S/c1-2-8-29-15-5-3-4-13(9-15)10-18-20(27)25(21(28)30-18)12-19(26)24-14-6-7-17(23)16(22)11-14/h2-7,9-11H,1,8,12H2,(H,24,26)/b18-10+. The molecule has 0 aliphatic carbocycles. The first-order valence-corrected chi connectivity index (χ1v) is 9.91. The fourth-order valence-corrected chi connectivity index (χ4v) is 3.57. The van der Waals surface area contributed by atoms with Crippen LogP contribution in [0.15, 0.2) is 60.0 Å². The van der Waals surface area contributed by atoms with E-state index in [0.29, 0.717) is 17.9 Å². The van der Waals surface area contributed by atoms with Gasteiger partial charge in [0.1, 0.15) is 24.7 Å². The molecule has 1 saturated heterocycles. The molecule has 1 aliphatic rings. The number of hydrogen-bond donors (Lipinski definition) is 1. The van der Waals surface area contributed by atoms with E-state index in [1.807, 2.05) is 0 Å². The van der Waals surface area contributed by atoms with Crippen LogP contribution in [0.1, 0.15) is 5.56 Å². The van der Waals surface area contributed by atoms with Gasteiger partial charge in [0, 0.05) is 5.69 Å². The van der Waals surface area contributed by atoms with E-state index < -0.39 is 29.4 Å². The van der Waals surface area contributed by atoms with Gasteiger partial charge >= 0.3 is 0 Å². The van der Waals surface area contributed by atoms with E-state index in [2.05, 4.69) is 11.9 Å². The summed E-state index contributed by atoms with van der Waals surface area (Å²) in [5, 5.41) is 1.77. The molecular formula is C21H16ClFN2O4S. The number of imide groups is 1. The van der Waals surface area contributed by atoms with Crippen molar-refractivity contribution in [1.29, 1.82) is 0 Å². The molecule has 1 aliphatic heterocycles. The first-order chi connectivity index (χ1) is 14.4. The number of carbonyl (C=O) groups excluding carboxylic acids is 3. The molecule has 1 fully saturated rings. The predicted molar refractivity (Wildman–Crippen MR) is 115 cm³/mol. The second-order valence-electron chi connectivity index (χ2n) is 6.12. The van der Waals surface area contributed by atoms with Crippen molar-refractivity contribution in [2.75, 3.05) is 18.5 Å². The van der Waals surface area contributed by atoms with Crippen LogP contribution in [-0.4, -0.2) is 35.1 Å². The molecule has 154 valence electrons. The molecule has 0 radical (unpaired) electrons. The van der Waals surface area contributed by atoms with Gasteiger partial charge in [0.05, 0.1) is 9.93 Å². The van der Waals surface area contributed by atoms with Gasteiger partial charge < -0.3 is 10.1 Å². The molecular weight excluding hydrogens is 431 g/mol. The van der Waals surface area contributed by atoms with Gasteiger partial charge in [-0.25, -0.2) is 4.39 Å². The van der Waals surface area contributed by atoms with Crippen LogP contribution in [0.3, 0.4) is 0 Å². The Balaban J connectivity index is 1.68. The Hall–Kier alpha value is -3.10. The maximum atomic E-state index is 13.2. The van der Waals surface area contributed by atoms with Gasteiger partial charge in [-0.05, 0) is 53.7 Å². The minimum atomic E-state index is -0.621. The van der Waals surface area contributed by atoms with E-state index in [1.165, 1.54) is 12.1 Å². The number of nitrogens with zero attached hydrogens (tertiary/aromatic N) is 1. The van der Waals surface area contributed by atoms with Gasteiger partial charge in [-0.15, -0.1) is 0 Å². The lowest BCUT2D eigenvalue weighted by Gasteiger charge is -2.12. The summed E-state index contributed by atoms with van der Waals surface area (Å²) in [5.74, 6) is -1.21. The van der Waals surface area contributed by atoms with Crippen LogP contribution in [0.4, 0.5) is 14.9 Å². The molecule has 9 heteroatoms. The number of hydrogen-bond acceptors (Lipinski definition) is 5. The SMILES string of the molecule is C=CCOc1cccc(/C=C2/SC(=O)N(CC(=O)Nc3ccc(F)c(Cl)c3)C2=O)c1. The maximum Gasteiger partial charge on any atom is 0.294 e. The Labute approximate surface area is 181 Å². The van der Waals surface area contributed by atoms with Gasteiger partial charge in [0.25, 0.3) is 11.1 Å². The Morgan fingerprint density at radius 3 is 2.80 bits per heavy atom. The number of thioether (sulfide) groups is 1. The van der Waals surface area contributed by atoms with Crippen LogP contribution < -0.4 is 10.1 Å². The Kier molecular flexibility index (Phi) is 6.91. The number of rotatable bonds is 7. The monoisotopic (exact) mass is 446 g/mol. The molecule has 2 aromatic rings. The largest absolute Gasteiger partial charge is 0.490 e. The first kappa shape index (κ1) is 21.6. The summed E-state index contributed by atoms with van der Waals surface area (Å²) in [5.41, 5.74) is 0.928. The molecule has 0 unspecified atom stereocenters. The Morgan fingerprint density at radius 1 is 1.27 bits per heavy atom. The topological polar surface area (TPSA) is 75.7 Å². The van der Waals surface area contributed by atoms with Crippen molar-refractivity contribution in [2.24, 2.45) is 0 Å². The van der Waals surface area contributed by atoms with E-state index in [0.717, 1.165) is 22.7 Å². The average molecular weight is 447 g/mol. The van der Waals surface area contributed by atoms with Gasteiger partial charge in [0.2, 0.25) is 5.91 Å². The molecule has 0 saturated carbocycles. The minimum absolute atomic E-state index is 0.152. The van der Waals surface area contributed by atoms with Crippen LogP contribution in [0, 0.1) is 5.82 Å². The average Bonchev–Trinajstić information content (AvgIpc) is 2.97. The summed E-state index contributed by atoms with van der Waals surface area (Å²) in [4.78, 5) is 38.1. The Bertz CT molecular complexity index is 1060. The fourth-order valence-electron chi connectivity index (χ4n) is 2.55. The van der Waals surface area contributed by atoms with E-state index in [9.17, 15) is 18.8 Å². The highest BCUT2D eigenvalue weighted by molar-refractivity contribution is 8.18.